The van der Waals surface area contributed by atoms with Gasteiger partial charge >= 0.3 is 0 Å². The number of amides is 2. The van der Waals surface area contributed by atoms with Crippen LogP contribution in [-0.2, 0) is 9.59 Å². The van der Waals surface area contributed by atoms with Crippen molar-refractivity contribution in [3.63, 3.8) is 0 Å². The van der Waals surface area contributed by atoms with E-state index in [1.54, 1.807) is 0 Å². The van der Waals surface area contributed by atoms with Gasteiger partial charge in [-0.1, -0.05) is 0 Å². The largest absolute Gasteiger partial charge is 0.320 e. The van der Waals surface area contributed by atoms with Gasteiger partial charge < -0.3 is 17.2 Å². The van der Waals surface area contributed by atoms with Crippen LogP contribution in [0, 0.1) is 0 Å². The van der Waals surface area contributed by atoms with Crippen molar-refractivity contribution in [3.8, 4) is 0 Å². The number of hydrogen-bond donors (Lipinski definition) is 5. The van der Waals surface area contributed by atoms with E-state index in [2.05, 4.69) is 0 Å². The van der Waals surface area contributed by atoms with Crippen molar-refractivity contribution in [1.82, 2.24) is 10.9 Å². The summed E-state index contributed by atoms with van der Waals surface area (Å²) in [4.78, 5) is 21.4. The average Bonchev–Trinajstić information content (AvgIpc) is 1.98. The Morgan fingerprint density at radius 1 is 1.08 bits per heavy atom. The van der Waals surface area contributed by atoms with Gasteiger partial charge in [-0.15, -0.1) is 0 Å². The quantitative estimate of drug-likeness (QED) is 0.221. The normalized spacial score (nSPS) is 12.4. The van der Waals surface area contributed by atoms with Crippen LogP contribution in [0.5, 0.6) is 0 Å². The van der Waals surface area contributed by atoms with E-state index in [1.165, 1.54) is 6.92 Å². The van der Waals surface area contributed by atoms with Crippen LogP contribution < -0.4 is 28.1 Å². The molecule has 0 aromatic rings. The maximum atomic E-state index is 10.7. The monoisotopic (exact) mass is 175 g/mol. The third-order valence-corrected chi connectivity index (χ3v) is 1.03. The lowest BCUT2D eigenvalue weighted by atomic mass is 10.3. The molecule has 0 radical (unpaired) electrons. The molecule has 0 aromatic carbocycles. The van der Waals surface area contributed by atoms with Crippen molar-refractivity contribution in [2.24, 2.45) is 17.2 Å². The van der Waals surface area contributed by atoms with E-state index in [1.807, 2.05) is 10.9 Å². The molecule has 7 nitrogen and oxygen atoms in total. The second kappa shape index (κ2) is 4.65. The van der Waals surface area contributed by atoms with Crippen LogP contribution in [0.4, 0.5) is 0 Å². The Hall–Kier alpha value is -1.18. The molecule has 0 spiro atoms. The lowest BCUT2D eigenvalue weighted by Crippen LogP contribution is -2.55. The van der Waals surface area contributed by atoms with Crippen molar-refractivity contribution in [1.29, 1.82) is 0 Å². The molecular formula is C5H13N5O2. The smallest absolute Gasteiger partial charge is 0.269 e. The van der Waals surface area contributed by atoms with Crippen LogP contribution in [0.1, 0.15) is 6.92 Å². The number of rotatable bonds is 2. The van der Waals surface area contributed by atoms with Gasteiger partial charge in [0.05, 0.1) is 6.04 Å². The number of hydrazine groups is 1. The fourth-order valence-corrected chi connectivity index (χ4v) is 0.320. The second-order valence-electron chi connectivity index (χ2n) is 2.29. The molecule has 7 heteroatoms. The summed E-state index contributed by atoms with van der Waals surface area (Å²) in [6.07, 6.45) is -1.15. The molecule has 0 aliphatic heterocycles. The Balaban J connectivity index is 3.69. The summed E-state index contributed by atoms with van der Waals surface area (Å²) < 4.78 is 0. The zero-order chi connectivity index (χ0) is 9.72. The zero-order valence-corrected chi connectivity index (χ0v) is 6.70. The highest BCUT2D eigenvalue weighted by Crippen LogP contribution is 1.71. The van der Waals surface area contributed by atoms with Crippen molar-refractivity contribution in [3.05, 3.63) is 0 Å². The minimum atomic E-state index is -1.15. The Labute approximate surface area is 69.6 Å². The molecule has 0 aliphatic rings. The standard InChI is InChI=1S/C5H13N5O2/c1-2(6)4(11)9-10-5(12)3(7)8/h2-3H,6-8H2,1H3,(H,9,11)(H,10,12). The molecule has 0 saturated heterocycles. The summed E-state index contributed by atoms with van der Waals surface area (Å²) in [5.74, 6) is -1.19. The first-order chi connectivity index (χ1) is 5.45. The van der Waals surface area contributed by atoms with Crippen LogP contribution >= 0.6 is 0 Å². The first kappa shape index (κ1) is 10.8. The molecule has 1 unspecified atom stereocenters. The number of hydrogen-bond acceptors (Lipinski definition) is 5. The van der Waals surface area contributed by atoms with Gasteiger partial charge in [0, 0.05) is 0 Å². The molecule has 0 rings (SSSR count). The molecule has 8 N–H and O–H groups in total. The maximum Gasteiger partial charge on any atom is 0.269 e. The number of carbonyl (C=O) groups excluding carboxylic acids is 2. The molecule has 70 valence electrons. The van der Waals surface area contributed by atoms with Gasteiger partial charge in [0.2, 0.25) is 0 Å². The molecule has 0 aromatic heterocycles. The van der Waals surface area contributed by atoms with Crippen molar-refractivity contribution < 1.29 is 9.59 Å². The third kappa shape index (κ3) is 3.86. The molecule has 1 atom stereocenters. The number of carbonyl (C=O) groups is 2. The topological polar surface area (TPSA) is 136 Å². The van der Waals surface area contributed by atoms with E-state index in [4.69, 9.17) is 17.2 Å². The lowest BCUT2D eigenvalue weighted by molar-refractivity contribution is -0.129. The Kier molecular flexibility index (Phi) is 4.19. The Morgan fingerprint density at radius 3 is 1.83 bits per heavy atom. The molecule has 2 amide bonds. The summed E-state index contributed by atoms with van der Waals surface area (Å²) in [5, 5.41) is 0. The van der Waals surface area contributed by atoms with Crippen LogP contribution in [0.2, 0.25) is 0 Å². The van der Waals surface area contributed by atoms with E-state index in [0.29, 0.717) is 0 Å². The van der Waals surface area contributed by atoms with E-state index < -0.39 is 24.0 Å². The van der Waals surface area contributed by atoms with Gasteiger partial charge in [-0.25, -0.2) is 0 Å². The minimum absolute atomic E-state index is 0.510. The van der Waals surface area contributed by atoms with Crippen molar-refractivity contribution >= 4 is 11.8 Å². The average molecular weight is 175 g/mol. The van der Waals surface area contributed by atoms with Gasteiger partial charge in [0.25, 0.3) is 11.8 Å². The maximum absolute atomic E-state index is 10.7. The second-order valence-corrected chi connectivity index (χ2v) is 2.29. The summed E-state index contributed by atoms with van der Waals surface area (Å²) in [7, 11) is 0. The molecule has 0 bridgehead atoms. The molecule has 0 heterocycles. The molecular weight excluding hydrogens is 162 g/mol. The SMILES string of the molecule is CC(N)C(=O)NNC(=O)C(N)N. The van der Waals surface area contributed by atoms with Gasteiger partial charge in [0.15, 0.2) is 0 Å². The predicted molar refractivity (Wildman–Crippen MR) is 42.1 cm³/mol. The fraction of sp³-hybridized carbons (Fsp3) is 0.600. The van der Waals surface area contributed by atoms with Gasteiger partial charge in [-0.3, -0.25) is 20.4 Å². The van der Waals surface area contributed by atoms with Crippen molar-refractivity contribution in [2.75, 3.05) is 0 Å². The highest BCUT2D eigenvalue weighted by Gasteiger charge is 2.10. The Morgan fingerprint density at radius 2 is 1.50 bits per heavy atom. The van der Waals surface area contributed by atoms with E-state index in [-0.39, 0.29) is 0 Å². The fourth-order valence-electron chi connectivity index (χ4n) is 0.320. The Bertz CT molecular complexity index is 159. The zero-order valence-electron chi connectivity index (χ0n) is 6.70. The minimum Gasteiger partial charge on any atom is -0.320 e. The van der Waals surface area contributed by atoms with Crippen LogP contribution in [0.25, 0.3) is 0 Å². The van der Waals surface area contributed by atoms with E-state index >= 15 is 0 Å². The third-order valence-electron chi connectivity index (χ3n) is 1.03. The van der Waals surface area contributed by atoms with Gasteiger partial charge in [-0.05, 0) is 6.92 Å². The lowest BCUT2D eigenvalue weighted by Gasteiger charge is -2.10. The highest BCUT2D eigenvalue weighted by atomic mass is 16.2. The first-order valence-corrected chi connectivity index (χ1v) is 3.31. The van der Waals surface area contributed by atoms with Gasteiger partial charge in [-0.2, -0.15) is 0 Å². The number of nitrogens with two attached hydrogens (primary N) is 3. The van der Waals surface area contributed by atoms with Crippen LogP contribution in [-0.4, -0.2) is 24.0 Å². The summed E-state index contributed by atoms with van der Waals surface area (Å²) in [6.45, 7) is 1.48. The molecule has 12 heavy (non-hydrogen) atoms. The van der Waals surface area contributed by atoms with Crippen LogP contribution in [0.3, 0.4) is 0 Å². The van der Waals surface area contributed by atoms with Gasteiger partial charge in [0.1, 0.15) is 6.17 Å². The molecule has 0 aliphatic carbocycles. The molecule has 0 fully saturated rings. The predicted octanol–water partition coefficient (Wildman–Crippen LogP) is -3.28. The summed E-state index contributed by atoms with van der Waals surface area (Å²) >= 11 is 0. The van der Waals surface area contributed by atoms with Crippen LogP contribution in [0.15, 0.2) is 0 Å². The summed E-state index contributed by atoms with van der Waals surface area (Å²) in [5.41, 5.74) is 19.2. The van der Waals surface area contributed by atoms with Crippen molar-refractivity contribution in [2.45, 2.75) is 19.1 Å². The first-order valence-electron chi connectivity index (χ1n) is 3.31. The highest BCUT2D eigenvalue weighted by molar-refractivity contribution is 5.86. The van der Waals surface area contributed by atoms with E-state index in [9.17, 15) is 9.59 Å². The number of nitrogens with one attached hydrogen (secondary N) is 2. The summed E-state index contributed by atoms with van der Waals surface area (Å²) in [6, 6.07) is -0.695. The van der Waals surface area contributed by atoms with E-state index in [0.717, 1.165) is 0 Å². The molecule has 0 saturated carbocycles.